The summed E-state index contributed by atoms with van der Waals surface area (Å²) in [5.41, 5.74) is 0. The molecule has 5 heteroatoms. The van der Waals surface area contributed by atoms with Crippen LogP contribution in [0.2, 0.25) is 0 Å². The van der Waals surface area contributed by atoms with Crippen molar-refractivity contribution in [1.29, 1.82) is 0 Å². The van der Waals surface area contributed by atoms with E-state index in [1.807, 2.05) is 24.1 Å². The number of aliphatic hydroxyl groups excluding tert-OH is 2. The van der Waals surface area contributed by atoms with Gasteiger partial charge in [0, 0.05) is 0 Å². The van der Waals surface area contributed by atoms with Gasteiger partial charge in [-0.2, -0.15) is 0 Å². The fraction of sp³-hybridized carbons (Fsp3) is 0.385. The van der Waals surface area contributed by atoms with E-state index in [2.05, 4.69) is 0 Å². The molecule has 2 aromatic rings. The van der Waals surface area contributed by atoms with E-state index in [-0.39, 0.29) is 13.2 Å². The van der Waals surface area contributed by atoms with Gasteiger partial charge in [0.1, 0.15) is 36.3 Å². The van der Waals surface area contributed by atoms with Gasteiger partial charge in [-0.25, -0.2) is 0 Å². The van der Waals surface area contributed by atoms with E-state index in [1.54, 1.807) is 12.1 Å². The van der Waals surface area contributed by atoms with Crippen molar-refractivity contribution in [3.8, 4) is 0 Å². The van der Waals surface area contributed by atoms with Gasteiger partial charge >= 0.3 is 0 Å². The lowest BCUT2D eigenvalue weighted by atomic mass is 10.3. The topological polar surface area (TPSA) is 70.0 Å². The third-order valence-electron chi connectivity index (χ3n) is 2.60. The summed E-state index contributed by atoms with van der Waals surface area (Å²) in [5, 5.41) is 17.8. The van der Waals surface area contributed by atoms with Crippen LogP contribution in [0.3, 0.4) is 0 Å². The maximum atomic E-state index is 8.90. The Morgan fingerprint density at radius 1 is 0.833 bits per heavy atom. The summed E-state index contributed by atoms with van der Waals surface area (Å²) in [5.74, 6) is 2.74. The van der Waals surface area contributed by atoms with Crippen molar-refractivity contribution in [3.05, 3.63) is 47.3 Å². The van der Waals surface area contributed by atoms with Gasteiger partial charge in [-0.15, -0.1) is 0 Å². The van der Waals surface area contributed by atoms with E-state index >= 15 is 0 Å². The second-order valence-electron chi connectivity index (χ2n) is 4.22. The first-order chi connectivity index (χ1) is 8.71. The lowest BCUT2D eigenvalue weighted by molar-refractivity contribution is 0.217. The Morgan fingerprint density at radius 3 is 1.56 bits per heavy atom. The number of aliphatic hydroxyl groups is 2. The molecule has 2 heterocycles. The SMILES string of the molecule is CN(Cc1ccc(CO)o1)Cc1ccc(CO)o1. The van der Waals surface area contributed by atoms with E-state index in [1.165, 1.54) is 0 Å². The average Bonchev–Trinajstić information content (AvgIpc) is 2.98. The minimum Gasteiger partial charge on any atom is -0.462 e. The quantitative estimate of drug-likeness (QED) is 0.814. The summed E-state index contributed by atoms with van der Waals surface area (Å²) in [6, 6.07) is 7.23. The highest BCUT2D eigenvalue weighted by Gasteiger charge is 2.08. The van der Waals surface area contributed by atoms with Gasteiger partial charge in [-0.1, -0.05) is 0 Å². The minimum atomic E-state index is -0.0816. The van der Waals surface area contributed by atoms with E-state index < -0.39 is 0 Å². The van der Waals surface area contributed by atoms with Crippen LogP contribution < -0.4 is 0 Å². The van der Waals surface area contributed by atoms with Crippen molar-refractivity contribution in [2.45, 2.75) is 26.3 Å². The molecule has 0 aromatic carbocycles. The summed E-state index contributed by atoms with van der Waals surface area (Å²) >= 11 is 0. The van der Waals surface area contributed by atoms with Crippen LogP contribution in [0.5, 0.6) is 0 Å². The predicted molar refractivity (Wildman–Crippen MR) is 64.4 cm³/mol. The van der Waals surface area contributed by atoms with Crippen molar-refractivity contribution in [3.63, 3.8) is 0 Å². The van der Waals surface area contributed by atoms with Gasteiger partial charge in [0.25, 0.3) is 0 Å². The minimum absolute atomic E-state index is 0.0816. The summed E-state index contributed by atoms with van der Waals surface area (Å²) in [7, 11) is 1.95. The second-order valence-corrected chi connectivity index (χ2v) is 4.22. The summed E-state index contributed by atoms with van der Waals surface area (Å²) in [6.07, 6.45) is 0. The number of hydrogen-bond acceptors (Lipinski definition) is 5. The average molecular weight is 251 g/mol. The van der Waals surface area contributed by atoms with Crippen molar-refractivity contribution < 1.29 is 19.0 Å². The number of rotatable bonds is 6. The summed E-state index contributed by atoms with van der Waals surface area (Å²) < 4.78 is 10.8. The van der Waals surface area contributed by atoms with Gasteiger partial charge in [-0.05, 0) is 31.3 Å². The molecule has 0 aliphatic carbocycles. The van der Waals surface area contributed by atoms with Crippen LogP contribution in [0.1, 0.15) is 23.0 Å². The van der Waals surface area contributed by atoms with Crippen LogP contribution >= 0.6 is 0 Å². The maximum absolute atomic E-state index is 8.90. The molecule has 2 aromatic heterocycles. The highest BCUT2D eigenvalue weighted by atomic mass is 16.4. The molecule has 0 saturated heterocycles. The Labute approximate surface area is 105 Å². The molecule has 0 aliphatic heterocycles. The monoisotopic (exact) mass is 251 g/mol. The molecule has 2 rings (SSSR count). The van der Waals surface area contributed by atoms with Crippen molar-refractivity contribution >= 4 is 0 Å². The smallest absolute Gasteiger partial charge is 0.129 e. The highest BCUT2D eigenvalue weighted by Crippen LogP contribution is 2.13. The van der Waals surface area contributed by atoms with Gasteiger partial charge < -0.3 is 19.0 Å². The summed E-state index contributed by atoms with van der Waals surface area (Å²) in [4.78, 5) is 2.03. The molecule has 0 atom stereocenters. The zero-order chi connectivity index (χ0) is 13.0. The number of hydrogen-bond donors (Lipinski definition) is 2. The van der Waals surface area contributed by atoms with E-state index in [0.29, 0.717) is 24.6 Å². The molecule has 0 aliphatic rings. The lowest BCUT2D eigenvalue weighted by Gasteiger charge is -2.13. The number of nitrogens with zero attached hydrogens (tertiary/aromatic N) is 1. The number of furan rings is 2. The van der Waals surface area contributed by atoms with Crippen LogP contribution in [0.4, 0.5) is 0 Å². The molecule has 18 heavy (non-hydrogen) atoms. The molecule has 0 unspecified atom stereocenters. The van der Waals surface area contributed by atoms with Crippen molar-refractivity contribution in [1.82, 2.24) is 4.90 Å². The maximum Gasteiger partial charge on any atom is 0.129 e. The Morgan fingerprint density at radius 2 is 1.22 bits per heavy atom. The van der Waals surface area contributed by atoms with Gasteiger partial charge in [0.05, 0.1) is 13.1 Å². The first-order valence-corrected chi connectivity index (χ1v) is 5.76. The normalized spacial score (nSPS) is 11.3. The Balaban J connectivity index is 1.89. The molecule has 98 valence electrons. The molecular formula is C13H17NO4. The third-order valence-corrected chi connectivity index (χ3v) is 2.60. The zero-order valence-electron chi connectivity index (χ0n) is 10.3. The van der Waals surface area contributed by atoms with Gasteiger partial charge in [0.2, 0.25) is 0 Å². The van der Waals surface area contributed by atoms with Crippen LogP contribution in [0.25, 0.3) is 0 Å². The first kappa shape index (κ1) is 12.9. The third kappa shape index (κ3) is 3.22. The fourth-order valence-corrected chi connectivity index (χ4v) is 1.77. The Hall–Kier alpha value is -1.56. The molecule has 0 spiro atoms. The van der Waals surface area contributed by atoms with Crippen molar-refractivity contribution in [2.24, 2.45) is 0 Å². The first-order valence-electron chi connectivity index (χ1n) is 5.76. The molecular weight excluding hydrogens is 234 g/mol. The molecule has 0 saturated carbocycles. The Bertz CT molecular complexity index is 444. The fourth-order valence-electron chi connectivity index (χ4n) is 1.77. The molecule has 0 radical (unpaired) electrons. The predicted octanol–water partition coefficient (Wildman–Crippen LogP) is 1.49. The van der Waals surface area contributed by atoms with Crippen LogP contribution in [0, 0.1) is 0 Å². The van der Waals surface area contributed by atoms with Crippen LogP contribution in [0.15, 0.2) is 33.1 Å². The van der Waals surface area contributed by atoms with E-state index in [4.69, 9.17) is 19.0 Å². The van der Waals surface area contributed by atoms with Crippen LogP contribution in [-0.4, -0.2) is 22.2 Å². The molecule has 5 nitrogen and oxygen atoms in total. The highest BCUT2D eigenvalue weighted by molar-refractivity contribution is 5.08. The zero-order valence-corrected chi connectivity index (χ0v) is 10.3. The summed E-state index contributed by atoms with van der Waals surface area (Å²) in [6.45, 7) is 1.10. The molecule has 0 fully saturated rings. The standard InChI is InChI=1S/C13H17NO4/c1-14(6-10-2-4-12(8-15)17-10)7-11-3-5-13(9-16)18-11/h2-5,15-16H,6-9H2,1H3. The van der Waals surface area contributed by atoms with E-state index in [9.17, 15) is 0 Å². The second kappa shape index (κ2) is 5.86. The van der Waals surface area contributed by atoms with Crippen LogP contribution in [-0.2, 0) is 26.3 Å². The van der Waals surface area contributed by atoms with Gasteiger partial charge in [-0.3, -0.25) is 4.90 Å². The van der Waals surface area contributed by atoms with Crippen molar-refractivity contribution in [2.75, 3.05) is 7.05 Å². The van der Waals surface area contributed by atoms with E-state index in [0.717, 1.165) is 11.5 Å². The Kier molecular flexibility index (Phi) is 4.19. The lowest BCUT2D eigenvalue weighted by Crippen LogP contribution is -2.16. The largest absolute Gasteiger partial charge is 0.462 e. The van der Waals surface area contributed by atoms with Gasteiger partial charge in [0.15, 0.2) is 0 Å². The molecule has 2 N–H and O–H groups in total. The molecule has 0 amide bonds. The molecule has 0 bridgehead atoms.